The van der Waals surface area contributed by atoms with Crippen molar-refractivity contribution in [1.29, 1.82) is 0 Å². The van der Waals surface area contributed by atoms with Crippen LogP contribution in [0.4, 0.5) is 0 Å². The molecule has 2 fully saturated rings. The molecule has 132 valence electrons. The smallest absolute Gasteiger partial charge is 0.289 e. The fraction of sp³-hybridized carbons (Fsp3) is 0.450. The van der Waals surface area contributed by atoms with E-state index in [1.807, 2.05) is 30.9 Å². The molecule has 25 heavy (non-hydrogen) atoms. The van der Waals surface area contributed by atoms with Crippen molar-refractivity contribution >= 4 is 5.91 Å². The summed E-state index contributed by atoms with van der Waals surface area (Å²) in [5.74, 6) is 1.21. The summed E-state index contributed by atoms with van der Waals surface area (Å²) in [7, 11) is 0. The van der Waals surface area contributed by atoms with Gasteiger partial charge in [-0.25, -0.2) is 0 Å². The first-order valence-electron chi connectivity index (χ1n) is 8.87. The summed E-state index contributed by atoms with van der Waals surface area (Å²) in [5, 5.41) is 0. The molecule has 3 heterocycles. The van der Waals surface area contributed by atoms with E-state index in [1.165, 1.54) is 5.56 Å². The largest absolute Gasteiger partial charge is 0.456 e. The molecular formula is C20H24N2O3. The average molecular weight is 340 g/mol. The molecular weight excluding hydrogens is 316 g/mol. The number of aryl methyl sites for hydroxylation is 2. The Morgan fingerprint density at radius 1 is 1.20 bits per heavy atom. The molecule has 2 atom stereocenters. The minimum atomic E-state index is -0.0335. The van der Waals surface area contributed by atoms with Crippen LogP contribution in [-0.2, 0) is 11.3 Å². The zero-order valence-corrected chi connectivity index (χ0v) is 14.8. The highest BCUT2D eigenvalue weighted by Gasteiger charge is 2.42. The highest BCUT2D eigenvalue weighted by atomic mass is 16.5. The number of hydrogen-bond donors (Lipinski definition) is 0. The predicted octanol–water partition coefficient (Wildman–Crippen LogP) is 2.62. The topological polar surface area (TPSA) is 45.9 Å². The molecule has 0 bridgehead atoms. The third-order valence-corrected chi connectivity index (χ3v) is 5.31. The Kier molecular flexibility index (Phi) is 4.36. The van der Waals surface area contributed by atoms with E-state index in [2.05, 4.69) is 29.2 Å². The van der Waals surface area contributed by atoms with Gasteiger partial charge in [0.05, 0.1) is 18.8 Å². The second-order valence-electron chi connectivity index (χ2n) is 6.99. The number of hydrogen-bond acceptors (Lipinski definition) is 4. The summed E-state index contributed by atoms with van der Waals surface area (Å²) in [6.45, 7) is 7.69. The number of furan rings is 1. The van der Waals surface area contributed by atoms with Crippen LogP contribution in [0.25, 0.3) is 0 Å². The van der Waals surface area contributed by atoms with Gasteiger partial charge in [0, 0.05) is 26.2 Å². The van der Waals surface area contributed by atoms with Gasteiger partial charge in [-0.05, 0) is 31.0 Å². The normalized spacial score (nSPS) is 23.7. The van der Waals surface area contributed by atoms with Crippen LogP contribution in [0.15, 0.2) is 40.8 Å². The van der Waals surface area contributed by atoms with Gasteiger partial charge in [0.25, 0.3) is 5.91 Å². The summed E-state index contributed by atoms with van der Waals surface area (Å²) in [6.07, 6.45) is 0.0820. The van der Waals surface area contributed by atoms with Crippen LogP contribution in [0.2, 0.25) is 0 Å². The summed E-state index contributed by atoms with van der Waals surface area (Å²) in [4.78, 5) is 17.1. The second-order valence-corrected chi connectivity index (χ2v) is 6.99. The monoisotopic (exact) mass is 340 g/mol. The quantitative estimate of drug-likeness (QED) is 0.862. The van der Waals surface area contributed by atoms with Gasteiger partial charge < -0.3 is 14.1 Å². The van der Waals surface area contributed by atoms with Gasteiger partial charge in [-0.15, -0.1) is 0 Å². The van der Waals surface area contributed by atoms with Gasteiger partial charge in [0.15, 0.2) is 5.76 Å². The molecule has 2 saturated heterocycles. The standard InChI is InChI=1S/C20H24N2O3/c1-14-10-18(25-15(14)2)20(23)22-12-17-19(13-22)24-9-8-21(17)11-16-6-4-3-5-7-16/h3-7,10,17,19H,8-9,11-13H2,1-2H3. The van der Waals surface area contributed by atoms with Gasteiger partial charge in [-0.1, -0.05) is 30.3 Å². The van der Waals surface area contributed by atoms with E-state index in [-0.39, 0.29) is 18.1 Å². The molecule has 1 aromatic carbocycles. The molecule has 0 aliphatic carbocycles. The molecule has 0 spiro atoms. The number of ether oxygens (including phenoxy) is 1. The minimum absolute atomic E-state index is 0.0335. The lowest BCUT2D eigenvalue weighted by molar-refractivity contribution is -0.0503. The molecule has 5 nitrogen and oxygen atoms in total. The maximum Gasteiger partial charge on any atom is 0.289 e. The van der Waals surface area contributed by atoms with Gasteiger partial charge in [-0.2, -0.15) is 0 Å². The Hall–Kier alpha value is -2.11. The molecule has 0 radical (unpaired) electrons. The molecule has 2 aromatic rings. The number of carbonyl (C=O) groups is 1. The molecule has 2 aliphatic heterocycles. The number of rotatable bonds is 3. The van der Waals surface area contributed by atoms with Crippen LogP contribution in [-0.4, -0.2) is 54.1 Å². The molecule has 0 saturated carbocycles. The Labute approximate surface area is 148 Å². The maximum atomic E-state index is 12.8. The Morgan fingerprint density at radius 2 is 2.00 bits per heavy atom. The number of morpholine rings is 1. The van der Waals surface area contributed by atoms with E-state index in [1.54, 1.807) is 0 Å². The molecule has 4 rings (SSSR count). The van der Waals surface area contributed by atoms with Crippen molar-refractivity contribution in [2.75, 3.05) is 26.2 Å². The first kappa shape index (κ1) is 16.4. The highest BCUT2D eigenvalue weighted by Crippen LogP contribution is 2.26. The van der Waals surface area contributed by atoms with Crippen molar-refractivity contribution in [3.05, 3.63) is 59.0 Å². The van der Waals surface area contributed by atoms with Crippen LogP contribution in [0.5, 0.6) is 0 Å². The Morgan fingerprint density at radius 3 is 2.72 bits per heavy atom. The number of likely N-dealkylation sites (tertiary alicyclic amines) is 1. The zero-order valence-electron chi connectivity index (χ0n) is 14.8. The lowest BCUT2D eigenvalue weighted by Crippen LogP contribution is -2.50. The third kappa shape index (κ3) is 3.22. The first-order chi connectivity index (χ1) is 12.1. The van der Waals surface area contributed by atoms with Gasteiger partial charge >= 0.3 is 0 Å². The number of amides is 1. The van der Waals surface area contributed by atoms with Crippen LogP contribution in [0, 0.1) is 13.8 Å². The van der Waals surface area contributed by atoms with E-state index >= 15 is 0 Å². The lowest BCUT2D eigenvalue weighted by Gasteiger charge is -2.36. The SMILES string of the molecule is Cc1cc(C(=O)N2CC3OCCN(Cc4ccccc4)C3C2)oc1C. The Bertz CT molecular complexity index is 736. The summed E-state index contributed by atoms with van der Waals surface area (Å²) < 4.78 is 11.6. The van der Waals surface area contributed by atoms with Gasteiger partial charge in [0.1, 0.15) is 5.76 Å². The lowest BCUT2D eigenvalue weighted by atomic mass is 10.1. The van der Waals surface area contributed by atoms with Crippen molar-refractivity contribution in [2.24, 2.45) is 0 Å². The minimum Gasteiger partial charge on any atom is -0.456 e. The number of nitrogens with zero attached hydrogens (tertiary/aromatic N) is 2. The van der Waals surface area contributed by atoms with Crippen molar-refractivity contribution in [3.63, 3.8) is 0 Å². The van der Waals surface area contributed by atoms with E-state index in [9.17, 15) is 4.79 Å². The van der Waals surface area contributed by atoms with Crippen LogP contribution in [0.1, 0.15) is 27.4 Å². The van der Waals surface area contributed by atoms with E-state index in [4.69, 9.17) is 9.15 Å². The fourth-order valence-electron chi connectivity index (χ4n) is 3.77. The molecule has 1 amide bonds. The second kappa shape index (κ2) is 6.65. The number of benzene rings is 1. The van der Waals surface area contributed by atoms with E-state index in [0.29, 0.717) is 18.8 Å². The molecule has 5 heteroatoms. The molecule has 2 unspecified atom stereocenters. The molecule has 1 aromatic heterocycles. The van der Waals surface area contributed by atoms with Crippen molar-refractivity contribution in [2.45, 2.75) is 32.5 Å². The average Bonchev–Trinajstić information content (AvgIpc) is 3.20. The first-order valence-corrected chi connectivity index (χ1v) is 8.87. The van der Waals surface area contributed by atoms with E-state index < -0.39 is 0 Å². The fourth-order valence-corrected chi connectivity index (χ4v) is 3.77. The van der Waals surface area contributed by atoms with Crippen LogP contribution < -0.4 is 0 Å². The van der Waals surface area contributed by atoms with Crippen molar-refractivity contribution in [1.82, 2.24) is 9.80 Å². The van der Waals surface area contributed by atoms with Crippen molar-refractivity contribution < 1.29 is 13.9 Å². The summed E-state index contributed by atoms with van der Waals surface area (Å²) in [5.41, 5.74) is 2.31. The van der Waals surface area contributed by atoms with E-state index in [0.717, 1.165) is 31.0 Å². The number of carbonyl (C=O) groups excluding carboxylic acids is 1. The summed E-state index contributed by atoms with van der Waals surface area (Å²) in [6, 6.07) is 12.6. The maximum absolute atomic E-state index is 12.8. The predicted molar refractivity (Wildman–Crippen MR) is 94.5 cm³/mol. The number of fused-ring (bicyclic) bond motifs is 1. The van der Waals surface area contributed by atoms with Crippen LogP contribution in [0.3, 0.4) is 0 Å². The van der Waals surface area contributed by atoms with Crippen molar-refractivity contribution in [3.8, 4) is 0 Å². The molecule has 0 N–H and O–H groups in total. The third-order valence-electron chi connectivity index (χ3n) is 5.31. The summed E-state index contributed by atoms with van der Waals surface area (Å²) >= 11 is 0. The van der Waals surface area contributed by atoms with Gasteiger partial charge in [0.2, 0.25) is 0 Å². The highest BCUT2D eigenvalue weighted by molar-refractivity contribution is 5.92. The van der Waals surface area contributed by atoms with Gasteiger partial charge in [-0.3, -0.25) is 9.69 Å². The van der Waals surface area contributed by atoms with Crippen LogP contribution >= 0.6 is 0 Å². The zero-order chi connectivity index (χ0) is 17.4. The Balaban J connectivity index is 1.47. The molecule has 2 aliphatic rings.